The smallest absolute Gasteiger partial charge is 0.326 e. The summed E-state index contributed by atoms with van der Waals surface area (Å²) in [5.41, 5.74) is 0. The van der Waals surface area contributed by atoms with Gasteiger partial charge in [-0.25, -0.2) is 9.59 Å². The Hall–Kier alpha value is -1.30. The van der Waals surface area contributed by atoms with Gasteiger partial charge >= 0.3 is 12.0 Å². The quantitative estimate of drug-likeness (QED) is 0.596. The van der Waals surface area contributed by atoms with Crippen molar-refractivity contribution in [2.24, 2.45) is 5.92 Å². The number of carbonyl (C=O) groups is 2. The minimum atomic E-state index is -1.03. The maximum absolute atomic E-state index is 11.7. The summed E-state index contributed by atoms with van der Waals surface area (Å²) in [6, 6.07) is -1.30. The third-order valence-electron chi connectivity index (χ3n) is 3.25. The number of aliphatic hydroxyl groups is 1. The van der Waals surface area contributed by atoms with Crippen molar-refractivity contribution in [1.82, 2.24) is 10.6 Å². The second-order valence-electron chi connectivity index (χ2n) is 5.18. The largest absolute Gasteiger partial charge is 0.480 e. The van der Waals surface area contributed by atoms with Crippen LogP contribution in [0.3, 0.4) is 0 Å². The zero-order valence-corrected chi connectivity index (χ0v) is 10.8. The molecule has 0 aromatic heterocycles. The highest BCUT2D eigenvalue weighted by molar-refractivity contribution is 5.82. The van der Waals surface area contributed by atoms with Crippen LogP contribution < -0.4 is 10.6 Å². The Morgan fingerprint density at radius 3 is 2.17 bits per heavy atom. The van der Waals surface area contributed by atoms with E-state index in [4.69, 9.17) is 5.11 Å². The van der Waals surface area contributed by atoms with E-state index in [2.05, 4.69) is 10.6 Å². The van der Waals surface area contributed by atoms with Crippen LogP contribution in [0.15, 0.2) is 0 Å². The van der Waals surface area contributed by atoms with E-state index >= 15 is 0 Å². The molecule has 1 aliphatic carbocycles. The number of urea groups is 1. The van der Waals surface area contributed by atoms with E-state index in [-0.39, 0.29) is 18.1 Å². The first-order valence-corrected chi connectivity index (χ1v) is 6.38. The van der Waals surface area contributed by atoms with Gasteiger partial charge in [-0.1, -0.05) is 13.8 Å². The van der Waals surface area contributed by atoms with Crippen molar-refractivity contribution in [3.05, 3.63) is 0 Å². The van der Waals surface area contributed by atoms with Gasteiger partial charge in [0.15, 0.2) is 0 Å². The molecule has 0 aromatic rings. The van der Waals surface area contributed by atoms with Gasteiger partial charge in [0.25, 0.3) is 0 Å². The number of hydrogen-bond donors (Lipinski definition) is 4. The molecule has 6 nitrogen and oxygen atoms in total. The van der Waals surface area contributed by atoms with Crippen molar-refractivity contribution in [2.45, 2.75) is 57.7 Å². The molecule has 4 N–H and O–H groups in total. The number of aliphatic hydroxyl groups excluding tert-OH is 1. The molecule has 0 unspecified atom stereocenters. The molecule has 104 valence electrons. The molecule has 1 saturated carbocycles. The van der Waals surface area contributed by atoms with Crippen LogP contribution in [0, 0.1) is 5.92 Å². The van der Waals surface area contributed by atoms with E-state index in [1.165, 1.54) is 0 Å². The number of carboxylic acids is 1. The lowest BCUT2D eigenvalue weighted by Gasteiger charge is -2.27. The Bertz CT molecular complexity index is 298. The first kappa shape index (κ1) is 14.8. The first-order chi connectivity index (χ1) is 8.40. The fourth-order valence-electron chi connectivity index (χ4n) is 2.10. The predicted octanol–water partition coefficient (Wildman–Crippen LogP) is 0.698. The summed E-state index contributed by atoms with van der Waals surface area (Å²) < 4.78 is 0. The molecule has 0 bridgehead atoms. The zero-order chi connectivity index (χ0) is 13.7. The summed E-state index contributed by atoms with van der Waals surface area (Å²) >= 11 is 0. The SMILES string of the molecule is CC(C)[C@@H](NC(=O)NC1CCC(O)CC1)C(=O)O. The lowest BCUT2D eigenvalue weighted by atomic mass is 9.93. The first-order valence-electron chi connectivity index (χ1n) is 6.38. The molecule has 1 atom stereocenters. The summed E-state index contributed by atoms with van der Waals surface area (Å²) in [6.07, 6.45) is 2.55. The van der Waals surface area contributed by atoms with Crippen molar-refractivity contribution < 1.29 is 19.8 Å². The normalized spacial score (nSPS) is 25.6. The second-order valence-corrected chi connectivity index (χ2v) is 5.18. The number of carboxylic acid groups (broad SMARTS) is 1. The van der Waals surface area contributed by atoms with E-state index in [0.29, 0.717) is 12.8 Å². The van der Waals surface area contributed by atoms with Crippen LogP contribution in [0.5, 0.6) is 0 Å². The summed E-state index contributed by atoms with van der Waals surface area (Å²) in [5, 5.41) is 23.5. The third-order valence-corrected chi connectivity index (χ3v) is 3.25. The molecule has 18 heavy (non-hydrogen) atoms. The van der Waals surface area contributed by atoms with Crippen molar-refractivity contribution >= 4 is 12.0 Å². The van der Waals surface area contributed by atoms with Crippen LogP contribution in [-0.4, -0.2) is 40.4 Å². The van der Waals surface area contributed by atoms with Crippen LogP contribution in [0.1, 0.15) is 39.5 Å². The highest BCUT2D eigenvalue weighted by Gasteiger charge is 2.25. The van der Waals surface area contributed by atoms with Gasteiger partial charge in [-0.2, -0.15) is 0 Å². The fourth-order valence-corrected chi connectivity index (χ4v) is 2.10. The summed E-state index contributed by atoms with van der Waals surface area (Å²) in [4.78, 5) is 22.6. The lowest BCUT2D eigenvalue weighted by molar-refractivity contribution is -0.140. The molecular formula is C12H22N2O4. The average Bonchev–Trinajstić information content (AvgIpc) is 2.28. The van der Waals surface area contributed by atoms with E-state index in [1.54, 1.807) is 13.8 Å². The Morgan fingerprint density at radius 2 is 1.72 bits per heavy atom. The van der Waals surface area contributed by atoms with Gasteiger partial charge in [0.05, 0.1) is 6.10 Å². The molecule has 1 fully saturated rings. The van der Waals surface area contributed by atoms with E-state index in [1.807, 2.05) is 0 Å². The monoisotopic (exact) mass is 258 g/mol. The van der Waals surface area contributed by atoms with Crippen LogP contribution in [0.4, 0.5) is 4.79 Å². The van der Waals surface area contributed by atoms with Gasteiger partial charge in [-0.3, -0.25) is 0 Å². The minimum absolute atomic E-state index is 0.0232. The van der Waals surface area contributed by atoms with Gasteiger partial charge in [0.2, 0.25) is 0 Å². The highest BCUT2D eigenvalue weighted by Crippen LogP contribution is 2.18. The number of aliphatic carboxylic acids is 1. The molecule has 1 rings (SSSR count). The van der Waals surface area contributed by atoms with Crippen molar-refractivity contribution in [2.75, 3.05) is 0 Å². The standard InChI is InChI=1S/C12H22N2O4/c1-7(2)10(11(16)17)14-12(18)13-8-3-5-9(15)6-4-8/h7-10,15H,3-6H2,1-2H3,(H,16,17)(H2,13,14,18)/t8?,9?,10-/m1/s1. The molecule has 0 aliphatic heterocycles. The van der Waals surface area contributed by atoms with Crippen molar-refractivity contribution in [3.63, 3.8) is 0 Å². The molecule has 6 heteroatoms. The van der Waals surface area contributed by atoms with E-state index in [0.717, 1.165) is 12.8 Å². The van der Waals surface area contributed by atoms with E-state index in [9.17, 15) is 14.7 Å². The molecule has 0 heterocycles. The third kappa shape index (κ3) is 4.52. The molecule has 0 aromatic carbocycles. The van der Waals surface area contributed by atoms with Crippen molar-refractivity contribution in [1.29, 1.82) is 0 Å². The van der Waals surface area contributed by atoms with E-state index < -0.39 is 18.0 Å². The lowest BCUT2D eigenvalue weighted by Crippen LogP contribution is -2.51. The number of amides is 2. The van der Waals surface area contributed by atoms with Gasteiger partial charge < -0.3 is 20.8 Å². The molecule has 0 radical (unpaired) electrons. The second kappa shape index (κ2) is 6.58. The maximum Gasteiger partial charge on any atom is 0.326 e. The van der Waals surface area contributed by atoms with Crippen LogP contribution in [0.2, 0.25) is 0 Å². The van der Waals surface area contributed by atoms with Gasteiger partial charge in [-0.15, -0.1) is 0 Å². The molecule has 0 saturated heterocycles. The Labute approximate surface area is 107 Å². The molecule has 2 amide bonds. The topological polar surface area (TPSA) is 98.7 Å². The van der Waals surface area contributed by atoms with Gasteiger partial charge in [0, 0.05) is 6.04 Å². The van der Waals surface area contributed by atoms with Crippen molar-refractivity contribution in [3.8, 4) is 0 Å². The van der Waals surface area contributed by atoms with Gasteiger partial charge in [0.1, 0.15) is 6.04 Å². The summed E-state index contributed by atoms with van der Waals surface area (Å²) in [5.74, 6) is -1.19. The van der Waals surface area contributed by atoms with Crippen LogP contribution >= 0.6 is 0 Å². The number of hydrogen-bond acceptors (Lipinski definition) is 3. The summed E-state index contributed by atoms with van der Waals surface area (Å²) in [6.45, 7) is 3.49. The average molecular weight is 258 g/mol. The van der Waals surface area contributed by atoms with Crippen LogP contribution in [-0.2, 0) is 4.79 Å². The maximum atomic E-state index is 11.7. The Kier molecular flexibility index (Phi) is 5.40. The number of rotatable bonds is 4. The number of carbonyl (C=O) groups excluding carboxylic acids is 1. The highest BCUT2D eigenvalue weighted by atomic mass is 16.4. The Morgan fingerprint density at radius 1 is 1.17 bits per heavy atom. The minimum Gasteiger partial charge on any atom is -0.480 e. The summed E-state index contributed by atoms with van der Waals surface area (Å²) in [7, 11) is 0. The predicted molar refractivity (Wildman–Crippen MR) is 66.2 cm³/mol. The van der Waals surface area contributed by atoms with Crippen LogP contribution in [0.25, 0.3) is 0 Å². The Balaban J connectivity index is 2.38. The molecule has 1 aliphatic rings. The van der Waals surface area contributed by atoms with Gasteiger partial charge in [-0.05, 0) is 31.6 Å². The number of nitrogens with one attached hydrogen (secondary N) is 2. The molecule has 0 spiro atoms. The zero-order valence-electron chi connectivity index (χ0n) is 10.8. The molecular weight excluding hydrogens is 236 g/mol. The fraction of sp³-hybridized carbons (Fsp3) is 0.833.